The molecule has 0 saturated heterocycles. The summed E-state index contributed by atoms with van der Waals surface area (Å²) in [6, 6.07) is 6.79. The van der Waals surface area contributed by atoms with Gasteiger partial charge >= 0.3 is 0 Å². The van der Waals surface area contributed by atoms with Gasteiger partial charge in [-0.1, -0.05) is 18.2 Å². The Morgan fingerprint density at radius 3 is 2.68 bits per heavy atom. The van der Waals surface area contributed by atoms with Crippen LogP contribution in [0.4, 0.5) is 10.2 Å². The number of halogens is 1. The number of hydrogen-bond donors (Lipinski definition) is 1. The monoisotopic (exact) mass is 262 g/mol. The summed E-state index contributed by atoms with van der Waals surface area (Å²) >= 11 is 0. The van der Waals surface area contributed by atoms with Crippen LogP contribution in [-0.2, 0) is 20.1 Å². The predicted molar refractivity (Wildman–Crippen MR) is 74.3 cm³/mol. The summed E-state index contributed by atoms with van der Waals surface area (Å²) in [5.41, 5.74) is 8.35. The van der Waals surface area contributed by atoms with E-state index in [1.165, 1.54) is 6.07 Å². The maximum atomic E-state index is 13.7. The maximum Gasteiger partial charge on any atom is 0.131 e. The third-order valence-electron chi connectivity index (χ3n) is 3.24. The van der Waals surface area contributed by atoms with Crippen molar-refractivity contribution >= 4 is 5.82 Å². The molecule has 0 spiro atoms. The third-order valence-corrected chi connectivity index (χ3v) is 3.24. The summed E-state index contributed by atoms with van der Waals surface area (Å²) in [5.74, 6) is 0.741. The van der Waals surface area contributed by atoms with Gasteiger partial charge in [0.25, 0.3) is 0 Å². The molecular weight excluding hydrogens is 243 g/mol. The summed E-state index contributed by atoms with van der Waals surface area (Å²) in [5, 5.41) is 4.37. The van der Waals surface area contributed by atoms with Gasteiger partial charge in [-0.05, 0) is 13.0 Å². The highest BCUT2D eigenvalue weighted by Gasteiger charge is 2.16. The van der Waals surface area contributed by atoms with E-state index < -0.39 is 0 Å². The molecular formula is C14H19FN4. The minimum Gasteiger partial charge on any atom is -0.355 e. The minimum atomic E-state index is -0.192. The number of aryl methyl sites for hydroxylation is 2. The number of nitrogens with two attached hydrogens (primary N) is 1. The Labute approximate surface area is 112 Å². The summed E-state index contributed by atoms with van der Waals surface area (Å²) in [4.78, 5) is 1.97. The van der Waals surface area contributed by atoms with Crippen LogP contribution in [0.2, 0.25) is 0 Å². The van der Waals surface area contributed by atoms with Crippen molar-refractivity contribution in [2.75, 3.05) is 11.9 Å². The first kappa shape index (κ1) is 13.5. The summed E-state index contributed by atoms with van der Waals surface area (Å²) in [6.07, 6.45) is 0. The highest BCUT2D eigenvalue weighted by atomic mass is 19.1. The Balaban J connectivity index is 2.30. The quantitative estimate of drug-likeness (QED) is 0.916. The molecule has 2 aromatic rings. The van der Waals surface area contributed by atoms with Crippen molar-refractivity contribution in [2.24, 2.45) is 12.8 Å². The Morgan fingerprint density at radius 1 is 1.37 bits per heavy atom. The fraction of sp³-hybridized carbons (Fsp3) is 0.357. The van der Waals surface area contributed by atoms with Crippen LogP contribution in [0.25, 0.3) is 0 Å². The summed E-state index contributed by atoms with van der Waals surface area (Å²) in [7, 11) is 3.79. The van der Waals surface area contributed by atoms with Crippen LogP contribution < -0.4 is 10.6 Å². The highest BCUT2D eigenvalue weighted by Crippen LogP contribution is 2.23. The van der Waals surface area contributed by atoms with Crippen LogP contribution in [0.5, 0.6) is 0 Å². The molecule has 1 heterocycles. The lowest BCUT2D eigenvalue weighted by atomic mass is 10.2. The number of hydrogen-bond acceptors (Lipinski definition) is 3. The maximum absolute atomic E-state index is 13.7. The zero-order chi connectivity index (χ0) is 14.0. The van der Waals surface area contributed by atoms with Gasteiger partial charge in [0.05, 0.1) is 5.69 Å². The number of aromatic nitrogens is 2. The second kappa shape index (κ2) is 5.40. The van der Waals surface area contributed by atoms with Crippen molar-refractivity contribution in [3.63, 3.8) is 0 Å². The Kier molecular flexibility index (Phi) is 3.85. The molecule has 0 saturated carbocycles. The number of benzene rings is 1. The summed E-state index contributed by atoms with van der Waals surface area (Å²) in [6.45, 7) is 2.85. The largest absolute Gasteiger partial charge is 0.355 e. The Hall–Kier alpha value is -1.88. The average molecular weight is 262 g/mol. The van der Waals surface area contributed by atoms with Gasteiger partial charge in [0.15, 0.2) is 0 Å². The molecule has 1 aromatic carbocycles. The number of nitrogens with zero attached hydrogens (tertiary/aromatic N) is 3. The van der Waals surface area contributed by atoms with Crippen LogP contribution in [0.1, 0.15) is 16.8 Å². The topological polar surface area (TPSA) is 47.1 Å². The van der Waals surface area contributed by atoms with Crippen molar-refractivity contribution < 1.29 is 4.39 Å². The van der Waals surface area contributed by atoms with E-state index in [0.29, 0.717) is 18.7 Å². The Bertz CT molecular complexity index is 577. The van der Waals surface area contributed by atoms with E-state index in [1.807, 2.05) is 32.0 Å². The fourth-order valence-corrected chi connectivity index (χ4v) is 2.36. The standard InChI is InChI=1S/C14H19FN4/c1-10-12(8-16)14(19(3)17-10)18(2)9-11-6-4-5-7-13(11)15/h4-7H,8-9,16H2,1-3H3. The molecule has 0 aliphatic carbocycles. The molecule has 1 aromatic heterocycles. The highest BCUT2D eigenvalue weighted by molar-refractivity contribution is 5.50. The molecule has 2 N–H and O–H groups in total. The van der Waals surface area contributed by atoms with Crippen molar-refractivity contribution in [3.05, 3.63) is 46.9 Å². The molecule has 0 unspecified atom stereocenters. The van der Waals surface area contributed by atoms with E-state index in [9.17, 15) is 4.39 Å². The van der Waals surface area contributed by atoms with E-state index in [0.717, 1.165) is 17.1 Å². The molecule has 5 heteroatoms. The van der Waals surface area contributed by atoms with Crippen molar-refractivity contribution in [3.8, 4) is 0 Å². The molecule has 0 aliphatic heterocycles. The molecule has 0 fully saturated rings. The van der Waals surface area contributed by atoms with E-state index in [2.05, 4.69) is 5.10 Å². The lowest BCUT2D eigenvalue weighted by Gasteiger charge is -2.21. The molecule has 0 atom stereocenters. The van der Waals surface area contributed by atoms with Gasteiger partial charge in [0, 0.05) is 38.3 Å². The molecule has 19 heavy (non-hydrogen) atoms. The normalized spacial score (nSPS) is 10.8. The molecule has 0 bridgehead atoms. The SMILES string of the molecule is Cc1nn(C)c(N(C)Cc2ccccc2F)c1CN. The van der Waals surface area contributed by atoms with E-state index >= 15 is 0 Å². The van der Waals surface area contributed by atoms with Crippen molar-refractivity contribution in [2.45, 2.75) is 20.0 Å². The predicted octanol–water partition coefficient (Wildman–Crippen LogP) is 1.96. The molecule has 2 rings (SSSR count). The lowest BCUT2D eigenvalue weighted by molar-refractivity contribution is 0.605. The number of rotatable bonds is 4. The molecule has 102 valence electrons. The second-order valence-electron chi connectivity index (χ2n) is 4.66. The van der Waals surface area contributed by atoms with Crippen molar-refractivity contribution in [1.82, 2.24) is 9.78 Å². The van der Waals surface area contributed by atoms with E-state index in [-0.39, 0.29) is 5.82 Å². The van der Waals surface area contributed by atoms with Gasteiger partial charge in [0.1, 0.15) is 11.6 Å². The first-order valence-corrected chi connectivity index (χ1v) is 6.21. The van der Waals surface area contributed by atoms with Crippen LogP contribution in [0.3, 0.4) is 0 Å². The van der Waals surface area contributed by atoms with Crippen LogP contribution >= 0.6 is 0 Å². The van der Waals surface area contributed by atoms with Gasteiger partial charge in [0.2, 0.25) is 0 Å². The van der Waals surface area contributed by atoms with E-state index in [1.54, 1.807) is 16.8 Å². The van der Waals surface area contributed by atoms with Crippen LogP contribution in [0.15, 0.2) is 24.3 Å². The lowest BCUT2D eigenvalue weighted by Crippen LogP contribution is -2.22. The smallest absolute Gasteiger partial charge is 0.131 e. The molecule has 4 nitrogen and oxygen atoms in total. The Morgan fingerprint density at radius 2 is 2.05 bits per heavy atom. The fourth-order valence-electron chi connectivity index (χ4n) is 2.36. The molecule has 0 radical (unpaired) electrons. The van der Waals surface area contributed by atoms with Crippen LogP contribution in [-0.4, -0.2) is 16.8 Å². The zero-order valence-electron chi connectivity index (χ0n) is 11.5. The first-order chi connectivity index (χ1) is 9.04. The van der Waals surface area contributed by atoms with Gasteiger partial charge < -0.3 is 10.6 Å². The number of anilines is 1. The van der Waals surface area contributed by atoms with Crippen molar-refractivity contribution in [1.29, 1.82) is 0 Å². The third kappa shape index (κ3) is 2.61. The first-order valence-electron chi connectivity index (χ1n) is 6.21. The summed E-state index contributed by atoms with van der Waals surface area (Å²) < 4.78 is 15.5. The zero-order valence-corrected chi connectivity index (χ0v) is 11.5. The van der Waals surface area contributed by atoms with Crippen LogP contribution in [0, 0.1) is 12.7 Å². The molecule has 0 amide bonds. The van der Waals surface area contributed by atoms with Gasteiger partial charge in [-0.3, -0.25) is 4.68 Å². The minimum absolute atomic E-state index is 0.192. The van der Waals surface area contributed by atoms with E-state index in [4.69, 9.17) is 5.73 Å². The van der Waals surface area contributed by atoms with Gasteiger partial charge in [-0.15, -0.1) is 0 Å². The second-order valence-corrected chi connectivity index (χ2v) is 4.66. The van der Waals surface area contributed by atoms with Gasteiger partial charge in [-0.25, -0.2) is 4.39 Å². The molecule has 0 aliphatic rings. The average Bonchev–Trinajstić information content (AvgIpc) is 2.66. The van der Waals surface area contributed by atoms with Gasteiger partial charge in [-0.2, -0.15) is 5.10 Å².